The predicted octanol–water partition coefficient (Wildman–Crippen LogP) is 4.19. The number of aryl methyl sites for hydroxylation is 1. The molecule has 2 saturated carbocycles. The third-order valence-electron chi connectivity index (χ3n) is 5.16. The van der Waals surface area contributed by atoms with E-state index < -0.39 is 5.97 Å². The van der Waals surface area contributed by atoms with Gasteiger partial charge in [0.2, 0.25) is 0 Å². The topological polar surface area (TPSA) is 42.2 Å². The number of hydrogen-bond donors (Lipinski definition) is 1. The van der Waals surface area contributed by atoms with Gasteiger partial charge in [0.05, 0.1) is 5.92 Å². The Morgan fingerprint density at radius 1 is 1.20 bits per heavy atom. The van der Waals surface area contributed by atoms with Crippen LogP contribution in [0.25, 0.3) is 0 Å². The molecule has 2 fully saturated rings. The van der Waals surface area contributed by atoms with Crippen LogP contribution in [-0.4, -0.2) is 15.6 Å². The zero-order valence-corrected chi connectivity index (χ0v) is 12.6. The molecule has 0 aliphatic heterocycles. The number of nitrogens with zero attached hydrogens (tertiary/aromatic N) is 1. The summed E-state index contributed by atoms with van der Waals surface area (Å²) in [7, 11) is 0. The second-order valence-electron chi connectivity index (χ2n) is 6.64. The quantitative estimate of drug-likeness (QED) is 0.895. The lowest BCUT2D eigenvalue weighted by atomic mass is 9.77. The molecule has 1 heterocycles. The largest absolute Gasteiger partial charge is 0.481 e. The SMILES string of the molecule is Cc1cc(C(C(=O)O)C2CCCCC2)c(C)n1C1CC1. The molecular weight excluding hydrogens is 250 g/mol. The lowest BCUT2D eigenvalue weighted by Crippen LogP contribution is -2.24. The Morgan fingerprint density at radius 2 is 1.85 bits per heavy atom. The summed E-state index contributed by atoms with van der Waals surface area (Å²) in [5.41, 5.74) is 3.51. The van der Waals surface area contributed by atoms with Crippen molar-refractivity contribution in [1.29, 1.82) is 0 Å². The zero-order valence-electron chi connectivity index (χ0n) is 12.6. The Bertz CT molecular complexity index is 507. The van der Waals surface area contributed by atoms with E-state index in [2.05, 4.69) is 24.5 Å². The molecule has 0 bridgehead atoms. The van der Waals surface area contributed by atoms with E-state index in [4.69, 9.17) is 0 Å². The average molecular weight is 275 g/mol. The van der Waals surface area contributed by atoms with Crippen molar-refractivity contribution in [2.24, 2.45) is 5.92 Å². The van der Waals surface area contributed by atoms with Gasteiger partial charge in [-0.1, -0.05) is 19.3 Å². The monoisotopic (exact) mass is 275 g/mol. The summed E-state index contributed by atoms with van der Waals surface area (Å²) in [4.78, 5) is 11.8. The van der Waals surface area contributed by atoms with E-state index in [0.717, 1.165) is 18.4 Å². The van der Waals surface area contributed by atoms with Crippen LogP contribution < -0.4 is 0 Å². The molecule has 3 nitrogen and oxygen atoms in total. The summed E-state index contributed by atoms with van der Waals surface area (Å²) in [5.74, 6) is -0.601. The van der Waals surface area contributed by atoms with Gasteiger partial charge < -0.3 is 9.67 Å². The highest BCUT2D eigenvalue weighted by atomic mass is 16.4. The van der Waals surface area contributed by atoms with Crippen LogP contribution in [0, 0.1) is 19.8 Å². The normalized spacial score (nSPS) is 21.9. The van der Waals surface area contributed by atoms with Crippen molar-refractivity contribution in [3.63, 3.8) is 0 Å². The fourth-order valence-corrected chi connectivity index (χ4v) is 4.07. The van der Waals surface area contributed by atoms with Crippen LogP contribution in [0.5, 0.6) is 0 Å². The Morgan fingerprint density at radius 3 is 2.40 bits per heavy atom. The van der Waals surface area contributed by atoms with E-state index in [1.807, 2.05) is 0 Å². The van der Waals surface area contributed by atoms with Gasteiger partial charge in [-0.3, -0.25) is 4.79 Å². The van der Waals surface area contributed by atoms with Gasteiger partial charge in [-0.2, -0.15) is 0 Å². The Kier molecular flexibility index (Phi) is 3.61. The third-order valence-corrected chi connectivity index (χ3v) is 5.16. The second kappa shape index (κ2) is 5.27. The Labute approximate surface area is 121 Å². The van der Waals surface area contributed by atoms with E-state index in [9.17, 15) is 9.90 Å². The number of carbonyl (C=O) groups is 1. The molecule has 0 saturated heterocycles. The van der Waals surface area contributed by atoms with Gasteiger partial charge in [-0.15, -0.1) is 0 Å². The number of aromatic nitrogens is 1. The summed E-state index contributed by atoms with van der Waals surface area (Å²) in [6.45, 7) is 4.23. The van der Waals surface area contributed by atoms with Gasteiger partial charge in [-0.05, 0) is 57.1 Å². The summed E-state index contributed by atoms with van der Waals surface area (Å²) >= 11 is 0. The molecule has 3 rings (SSSR count). The molecule has 20 heavy (non-hydrogen) atoms. The van der Waals surface area contributed by atoms with Crippen LogP contribution in [0.15, 0.2) is 6.07 Å². The number of hydrogen-bond acceptors (Lipinski definition) is 1. The molecule has 0 aromatic carbocycles. The minimum Gasteiger partial charge on any atom is -0.481 e. The van der Waals surface area contributed by atoms with Crippen molar-refractivity contribution in [3.05, 3.63) is 23.0 Å². The first-order valence-electron chi connectivity index (χ1n) is 8.00. The zero-order chi connectivity index (χ0) is 14.3. The van der Waals surface area contributed by atoms with Crippen LogP contribution in [-0.2, 0) is 4.79 Å². The van der Waals surface area contributed by atoms with Gasteiger partial charge in [0.25, 0.3) is 0 Å². The van der Waals surface area contributed by atoms with Crippen LogP contribution in [0.2, 0.25) is 0 Å². The first kappa shape index (κ1) is 13.7. The average Bonchev–Trinajstić information content (AvgIpc) is 3.19. The van der Waals surface area contributed by atoms with E-state index in [1.54, 1.807) is 0 Å². The molecule has 2 aliphatic rings. The van der Waals surface area contributed by atoms with Crippen molar-refractivity contribution in [1.82, 2.24) is 4.57 Å². The Balaban J connectivity index is 1.94. The van der Waals surface area contributed by atoms with Gasteiger partial charge in [0, 0.05) is 17.4 Å². The molecule has 0 spiro atoms. The molecule has 1 N–H and O–H groups in total. The molecule has 3 heteroatoms. The van der Waals surface area contributed by atoms with Crippen LogP contribution >= 0.6 is 0 Å². The summed E-state index contributed by atoms with van der Waals surface area (Å²) in [5, 5.41) is 9.75. The molecule has 110 valence electrons. The highest BCUT2D eigenvalue weighted by Crippen LogP contribution is 2.43. The standard InChI is InChI=1S/C17H25NO2/c1-11-10-15(12(2)18(11)14-8-9-14)16(17(19)20)13-6-4-3-5-7-13/h10,13-14,16H,3-9H2,1-2H3,(H,19,20). The molecule has 1 unspecified atom stereocenters. The highest BCUT2D eigenvalue weighted by Gasteiger charge is 2.35. The van der Waals surface area contributed by atoms with E-state index >= 15 is 0 Å². The number of aliphatic carboxylic acids is 1. The van der Waals surface area contributed by atoms with Crippen molar-refractivity contribution in [2.75, 3.05) is 0 Å². The first-order valence-corrected chi connectivity index (χ1v) is 8.00. The molecule has 2 aliphatic carbocycles. The fraction of sp³-hybridized carbons (Fsp3) is 0.706. The first-order chi connectivity index (χ1) is 9.59. The van der Waals surface area contributed by atoms with Crippen molar-refractivity contribution < 1.29 is 9.90 Å². The van der Waals surface area contributed by atoms with Crippen LogP contribution in [0.1, 0.15) is 73.9 Å². The lowest BCUT2D eigenvalue weighted by Gasteiger charge is -2.27. The maximum atomic E-state index is 11.8. The number of carboxylic acid groups (broad SMARTS) is 1. The molecular formula is C17H25NO2. The van der Waals surface area contributed by atoms with Crippen molar-refractivity contribution in [2.45, 2.75) is 70.8 Å². The number of carboxylic acids is 1. The molecule has 1 aromatic heterocycles. The van der Waals surface area contributed by atoms with E-state index in [-0.39, 0.29) is 5.92 Å². The van der Waals surface area contributed by atoms with Crippen molar-refractivity contribution in [3.8, 4) is 0 Å². The summed E-state index contributed by atoms with van der Waals surface area (Å²) < 4.78 is 2.37. The van der Waals surface area contributed by atoms with E-state index in [1.165, 1.54) is 43.5 Å². The maximum Gasteiger partial charge on any atom is 0.311 e. The minimum atomic E-state index is -0.632. The smallest absolute Gasteiger partial charge is 0.311 e. The molecule has 1 atom stereocenters. The summed E-state index contributed by atoms with van der Waals surface area (Å²) in [6.07, 6.45) is 8.29. The highest BCUT2D eigenvalue weighted by molar-refractivity contribution is 5.77. The second-order valence-corrected chi connectivity index (χ2v) is 6.64. The molecule has 0 amide bonds. The molecule has 0 radical (unpaired) electrons. The van der Waals surface area contributed by atoms with Crippen LogP contribution in [0.3, 0.4) is 0 Å². The minimum absolute atomic E-state index is 0.297. The fourth-order valence-electron chi connectivity index (χ4n) is 4.07. The number of rotatable bonds is 4. The van der Waals surface area contributed by atoms with Crippen LogP contribution in [0.4, 0.5) is 0 Å². The third kappa shape index (κ3) is 2.38. The maximum absolute atomic E-state index is 11.8. The van der Waals surface area contributed by atoms with Crippen molar-refractivity contribution >= 4 is 5.97 Å². The molecule has 1 aromatic rings. The summed E-state index contributed by atoms with van der Waals surface area (Å²) in [6, 6.07) is 2.77. The van der Waals surface area contributed by atoms with Gasteiger partial charge >= 0.3 is 5.97 Å². The van der Waals surface area contributed by atoms with Gasteiger partial charge in [-0.25, -0.2) is 0 Å². The predicted molar refractivity (Wildman–Crippen MR) is 79.1 cm³/mol. The van der Waals surface area contributed by atoms with Gasteiger partial charge in [0.1, 0.15) is 0 Å². The lowest BCUT2D eigenvalue weighted by molar-refractivity contribution is -0.140. The Hall–Kier alpha value is -1.25. The van der Waals surface area contributed by atoms with Gasteiger partial charge in [0.15, 0.2) is 0 Å². The van der Waals surface area contributed by atoms with E-state index in [0.29, 0.717) is 12.0 Å².